The van der Waals surface area contributed by atoms with E-state index in [4.69, 9.17) is 10.2 Å². The first-order valence-corrected chi connectivity index (χ1v) is 6.75. The topological polar surface area (TPSA) is 139 Å². The van der Waals surface area contributed by atoms with Crippen LogP contribution in [0, 0.1) is 0 Å². The minimum absolute atomic E-state index is 0.0392. The predicted molar refractivity (Wildman–Crippen MR) is 72.7 cm³/mol. The lowest BCUT2D eigenvalue weighted by Gasteiger charge is -2.22. The molecule has 2 unspecified atom stereocenters. The monoisotopic (exact) mass is 319 g/mol. The summed E-state index contributed by atoms with van der Waals surface area (Å²) in [5.74, 6) is -4.26. The van der Waals surface area contributed by atoms with E-state index in [0.717, 1.165) is 13.8 Å². The molecule has 3 N–H and O–H groups in total. The molecule has 0 saturated heterocycles. The Hall–Kier alpha value is -2.16. The van der Waals surface area contributed by atoms with Crippen LogP contribution in [0.1, 0.15) is 33.1 Å². The molecule has 0 rings (SSSR count). The number of aliphatic hydroxyl groups excluding tert-OH is 1. The van der Waals surface area contributed by atoms with Crippen molar-refractivity contribution in [2.45, 2.75) is 45.3 Å². The summed E-state index contributed by atoms with van der Waals surface area (Å²) >= 11 is 0. The number of aliphatic hydroxyl groups is 1. The van der Waals surface area contributed by atoms with Crippen LogP contribution in [0.15, 0.2) is 0 Å². The first kappa shape index (κ1) is 19.8. The normalized spacial score (nSPS) is 12.9. The van der Waals surface area contributed by atoms with Crippen LogP contribution in [-0.2, 0) is 28.7 Å². The van der Waals surface area contributed by atoms with Gasteiger partial charge in [-0.2, -0.15) is 0 Å². The number of unbranched alkanes of at least 4 members (excludes halogenated alkanes) is 2. The fourth-order valence-corrected chi connectivity index (χ4v) is 1.58. The summed E-state index contributed by atoms with van der Waals surface area (Å²) in [6, 6.07) is 0. The maximum atomic E-state index is 11.9. The standard InChI is InChI=1S/C13H21NO8/c1-8(16)21-10(11(13(19)20)22-9(2)17)12(18)14-6-4-3-5-7-15/h10-11,15H,3-7H2,1-2H3,(H,14,18)(H,19,20). The average Bonchev–Trinajstić information content (AvgIpc) is 2.41. The van der Waals surface area contributed by atoms with Crippen LogP contribution < -0.4 is 5.32 Å². The van der Waals surface area contributed by atoms with Crippen molar-refractivity contribution < 1.29 is 38.9 Å². The van der Waals surface area contributed by atoms with Crippen molar-refractivity contribution in [2.24, 2.45) is 0 Å². The molecule has 1 amide bonds. The van der Waals surface area contributed by atoms with E-state index in [2.05, 4.69) is 14.8 Å². The Bertz CT molecular complexity index is 409. The zero-order valence-corrected chi connectivity index (χ0v) is 12.5. The second kappa shape index (κ2) is 10.6. The van der Waals surface area contributed by atoms with Crippen LogP contribution in [0.5, 0.6) is 0 Å². The molecule has 0 heterocycles. The van der Waals surface area contributed by atoms with Crippen LogP contribution in [0.3, 0.4) is 0 Å². The number of rotatable bonds is 10. The van der Waals surface area contributed by atoms with Crippen LogP contribution in [-0.4, -0.2) is 59.4 Å². The smallest absolute Gasteiger partial charge is 0.349 e. The summed E-state index contributed by atoms with van der Waals surface area (Å²) < 4.78 is 9.20. The van der Waals surface area contributed by atoms with Gasteiger partial charge in [-0.3, -0.25) is 14.4 Å². The summed E-state index contributed by atoms with van der Waals surface area (Å²) in [5.41, 5.74) is 0. The van der Waals surface area contributed by atoms with E-state index < -0.39 is 36.0 Å². The number of esters is 2. The molecule has 0 bridgehead atoms. The molecule has 0 aromatic rings. The van der Waals surface area contributed by atoms with Gasteiger partial charge in [-0.05, 0) is 19.3 Å². The Kier molecular flexibility index (Phi) is 9.51. The van der Waals surface area contributed by atoms with E-state index in [1.807, 2.05) is 0 Å². The summed E-state index contributed by atoms with van der Waals surface area (Å²) in [5, 5.41) is 20.0. The highest BCUT2D eigenvalue weighted by Gasteiger charge is 2.39. The van der Waals surface area contributed by atoms with Crippen molar-refractivity contribution in [3.63, 3.8) is 0 Å². The molecule has 0 aliphatic rings. The number of hydrogen-bond donors (Lipinski definition) is 3. The van der Waals surface area contributed by atoms with Crippen molar-refractivity contribution in [3.8, 4) is 0 Å². The molecule has 0 saturated carbocycles. The molecule has 0 radical (unpaired) electrons. The molecule has 9 heteroatoms. The van der Waals surface area contributed by atoms with Crippen LogP contribution in [0.25, 0.3) is 0 Å². The number of carbonyl (C=O) groups is 4. The molecular formula is C13H21NO8. The second-order valence-corrected chi connectivity index (χ2v) is 4.47. The number of hydrogen-bond acceptors (Lipinski definition) is 7. The third-order valence-electron chi connectivity index (χ3n) is 2.50. The Morgan fingerprint density at radius 1 is 0.955 bits per heavy atom. The van der Waals surface area contributed by atoms with Gasteiger partial charge in [0.05, 0.1) is 0 Å². The molecule has 22 heavy (non-hydrogen) atoms. The van der Waals surface area contributed by atoms with Crippen LogP contribution in [0.4, 0.5) is 0 Å². The Morgan fingerprint density at radius 2 is 1.50 bits per heavy atom. The van der Waals surface area contributed by atoms with E-state index in [9.17, 15) is 19.2 Å². The first-order valence-electron chi connectivity index (χ1n) is 6.75. The highest BCUT2D eigenvalue weighted by Crippen LogP contribution is 2.07. The highest BCUT2D eigenvalue weighted by atomic mass is 16.6. The molecule has 2 atom stereocenters. The average molecular weight is 319 g/mol. The zero-order valence-electron chi connectivity index (χ0n) is 12.5. The van der Waals surface area contributed by atoms with Gasteiger partial charge >= 0.3 is 17.9 Å². The zero-order chi connectivity index (χ0) is 17.1. The third-order valence-corrected chi connectivity index (χ3v) is 2.50. The lowest BCUT2D eigenvalue weighted by Crippen LogP contribution is -2.50. The molecule has 0 fully saturated rings. The SMILES string of the molecule is CC(=O)OC(C(=O)O)C(OC(C)=O)C(=O)NCCCCCO. The summed E-state index contributed by atoms with van der Waals surface area (Å²) in [4.78, 5) is 45.0. The second-order valence-electron chi connectivity index (χ2n) is 4.47. The summed E-state index contributed by atoms with van der Waals surface area (Å²) in [6.07, 6.45) is -1.88. The van der Waals surface area contributed by atoms with Crippen molar-refractivity contribution in [2.75, 3.05) is 13.2 Å². The van der Waals surface area contributed by atoms with Crippen LogP contribution >= 0.6 is 0 Å². The number of carboxylic acid groups (broad SMARTS) is 1. The lowest BCUT2D eigenvalue weighted by molar-refractivity contribution is -0.180. The van der Waals surface area contributed by atoms with Gasteiger partial charge in [-0.15, -0.1) is 0 Å². The number of ether oxygens (including phenoxy) is 2. The van der Waals surface area contributed by atoms with Crippen molar-refractivity contribution in [1.29, 1.82) is 0 Å². The van der Waals surface area contributed by atoms with Gasteiger partial charge in [0.25, 0.3) is 5.91 Å². The van der Waals surface area contributed by atoms with E-state index >= 15 is 0 Å². The molecule has 0 aromatic heterocycles. The van der Waals surface area contributed by atoms with Gasteiger partial charge in [0.15, 0.2) is 0 Å². The molecular weight excluding hydrogens is 298 g/mol. The molecule has 0 aliphatic heterocycles. The molecule has 126 valence electrons. The first-order chi connectivity index (χ1) is 10.3. The number of nitrogens with one attached hydrogen (secondary N) is 1. The van der Waals surface area contributed by atoms with E-state index in [1.165, 1.54) is 0 Å². The van der Waals surface area contributed by atoms with Gasteiger partial charge in [0, 0.05) is 27.0 Å². The van der Waals surface area contributed by atoms with E-state index in [1.54, 1.807) is 0 Å². The predicted octanol–water partition coefficient (Wildman–Crippen LogP) is -0.787. The van der Waals surface area contributed by atoms with Crippen molar-refractivity contribution in [3.05, 3.63) is 0 Å². The Balaban J connectivity index is 4.77. The Labute approximate surface area is 127 Å². The van der Waals surface area contributed by atoms with Crippen molar-refractivity contribution in [1.82, 2.24) is 5.32 Å². The van der Waals surface area contributed by atoms with Crippen molar-refractivity contribution >= 4 is 23.8 Å². The van der Waals surface area contributed by atoms with Gasteiger partial charge in [0.1, 0.15) is 0 Å². The molecule has 9 nitrogen and oxygen atoms in total. The van der Waals surface area contributed by atoms with E-state index in [0.29, 0.717) is 19.3 Å². The number of carbonyl (C=O) groups excluding carboxylic acids is 3. The van der Waals surface area contributed by atoms with Crippen LogP contribution in [0.2, 0.25) is 0 Å². The highest BCUT2D eigenvalue weighted by molar-refractivity contribution is 5.90. The van der Waals surface area contributed by atoms with Gasteiger partial charge in [-0.25, -0.2) is 4.79 Å². The third kappa shape index (κ3) is 8.20. The fourth-order valence-electron chi connectivity index (χ4n) is 1.58. The van der Waals surface area contributed by atoms with Gasteiger partial charge in [-0.1, -0.05) is 0 Å². The minimum Gasteiger partial charge on any atom is -0.478 e. The number of carboxylic acids is 1. The maximum absolute atomic E-state index is 11.9. The largest absolute Gasteiger partial charge is 0.478 e. The number of aliphatic carboxylic acids is 1. The summed E-state index contributed by atoms with van der Waals surface area (Å²) in [6.45, 7) is 2.24. The van der Waals surface area contributed by atoms with E-state index in [-0.39, 0.29) is 13.2 Å². The fraction of sp³-hybridized carbons (Fsp3) is 0.692. The summed E-state index contributed by atoms with van der Waals surface area (Å²) in [7, 11) is 0. The molecule has 0 aliphatic carbocycles. The van der Waals surface area contributed by atoms with Gasteiger partial charge in [0.2, 0.25) is 12.2 Å². The number of amides is 1. The lowest BCUT2D eigenvalue weighted by atomic mass is 10.1. The maximum Gasteiger partial charge on any atom is 0.349 e. The Morgan fingerprint density at radius 3 is 1.95 bits per heavy atom. The minimum atomic E-state index is -1.92. The molecule has 0 spiro atoms. The van der Waals surface area contributed by atoms with Gasteiger partial charge < -0.3 is 25.0 Å². The molecule has 0 aromatic carbocycles. The quantitative estimate of drug-likeness (QED) is 0.352.